The highest BCUT2D eigenvalue weighted by atomic mass is 35.5. The van der Waals surface area contributed by atoms with E-state index in [4.69, 9.17) is 4.74 Å². The summed E-state index contributed by atoms with van der Waals surface area (Å²) < 4.78 is 5.91. The first-order valence-electron chi connectivity index (χ1n) is 5.61. The second-order valence-electron chi connectivity index (χ2n) is 4.15. The van der Waals surface area contributed by atoms with Crippen molar-refractivity contribution in [3.05, 3.63) is 60.2 Å². The Hall–Kier alpha value is -1.12. The maximum atomic E-state index is 5.91. The van der Waals surface area contributed by atoms with Crippen molar-refractivity contribution >= 4 is 10.9 Å². The minimum absolute atomic E-state index is 0. The lowest BCUT2D eigenvalue weighted by Crippen LogP contribution is -3.00. The van der Waals surface area contributed by atoms with Gasteiger partial charge < -0.3 is 17.1 Å². The van der Waals surface area contributed by atoms with E-state index < -0.39 is 0 Å². The van der Waals surface area contributed by atoms with Crippen LogP contribution in [0.3, 0.4) is 0 Å². The summed E-state index contributed by atoms with van der Waals surface area (Å²) in [6, 6.07) is 18.2. The molecule has 0 amide bonds. The lowest BCUT2D eigenvalue weighted by molar-refractivity contribution is -0.00000404. The Labute approximate surface area is 118 Å². The molecule has 0 saturated carbocycles. The highest BCUT2D eigenvalue weighted by Gasteiger charge is 2.10. The molecule has 2 aromatic rings. The Morgan fingerprint density at radius 3 is 2.17 bits per heavy atom. The maximum absolute atomic E-state index is 5.91. The number of para-hydroxylation sites is 2. The molecule has 3 heteroatoms. The SMILES string of the molecule is C[S+](C)Cc1ccccc1Oc1ccccc1.[Cl-]. The van der Waals surface area contributed by atoms with Gasteiger partial charge in [0, 0.05) is 5.56 Å². The zero-order valence-electron chi connectivity index (χ0n) is 10.6. The average Bonchev–Trinajstić information content (AvgIpc) is 2.32. The molecule has 1 nitrogen and oxygen atoms in total. The van der Waals surface area contributed by atoms with Crippen molar-refractivity contribution in [1.82, 2.24) is 0 Å². The summed E-state index contributed by atoms with van der Waals surface area (Å²) in [6.45, 7) is 0. The van der Waals surface area contributed by atoms with E-state index in [0.29, 0.717) is 10.9 Å². The molecule has 0 fully saturated rings. The number of halogens is 1. The van der Waals surface area contributed by atoms with Crippen LogP contribution in [0.4, 0.5) is 0 Å². The van der Waals surface area contributed by atoms with Crippen molar-refractivity contribution in [1.29, 1.82) is 0 Å². The van der Waals surface area contributed by atoms with E-state index in [9.17, 15) is 0 Å². The monoisotopic (exact) mass is 280 g/mol. The number of benzene rings is 2. The molecule has 0 unspecified atom stereocenters. The van der Waals surface area contributed by atoms with Gasteiger partial charge in [0.1, 0.15) is 17.3 Å². The zero-order valence-corrected chi connectivity index (χ0v) is 12.2. The smallest absolute Gasteiger partial charge is 0.136 e. The van der Waals surface area contributed by atoms with E-state index in [1.165, 1.54) is 5.56 Å². The molecule has 0 heterocycles. The third kappa shape index (κ3) is 4.28. The number of ether oxygens (including phenoxy) is 1. The fourth-order valence-electron chi connectivity index (χ4n) is 1.65. The minimum Gasteiger partial charge on any atom is -1.00 e. The Morgan fingerprint density at radius 1 is 0.889 bits per heavy atom. The first-order valence-corrected chi connectivity index (χ1v) is 7.82. The van der Waals surface area contributed by atoms with Gasteiger partial charge in [0.2, 0.25) is 0 Å². The largest absolute Gasteiger partial charge is 1.00 e. The summed E-state index contributed by atoms with van der Waals surface area (Å²) in [5.74, 6) is 2.94. The molecule has 0 atom stereocenters. The van der Waals surface area contributed by atoms with E-state index >= 15 is 0 Å². The van der Waals surface area contributed by atoms with Crippen LogP contribution in [0.25, 0.3) is 0 Å². The molecule has 96 valence electrons. The normalized spacial score (nSPS) is 9.94. The molecule has 0 aromatic heterocycles. The van der Waals surface area contributed by atoms with Gasteiger partial charge in [0.15, 0.2) is 0 Å². The topological polar surface area (TPSA) is 9.23 Å². The summed E-state index contributed by atoms with van der Waals surface area (Å²) in [5.41, 5.74) is 1.28. The second-order valence-corrected chi connectivity index (χ2v) is 6.41. The van der Waals surface area contributed by atoms with E-state index in [1.54, 1.807) is 0 Å². The molecule has 0 N–H and O–H groups in total. The van der Waals surface area contributed by atoms with Crippen molar-refractivity contribution < 1.29 is 17.1 Å². The molecule has 0 aliphatic heterocycles. The summed E-state index contributed by atoms with van der Waals surface area (Å²) in [4.78, 5) is 0. The third-order valence-electron chi connectivity index (χ3n) is 2.39. The van der Waals surface area contributed by atoms with Crippen molar-refractivity contribution in [2.45, 2.75) is 5.75 Å². The van der Waals surface area contributed by atoms with Crippen molar-refractivity contribution in [2.75, 3.05) is 12.5 Å². The predicted molar refractivity (Wildman–Crippen MR) is 75.9 cm³/mol. The summed E-state index contributed by atoms with van der Waals surface area (Å²) in [5, 5.41) is 0. The summed E-state index contributed by atoms with van der Waals surface area (Å²) >= 11 is 0. The number of hydrogen-bond acceptors (Lipinski definition) is 1. The molecule has 0 radical (unpaired) electrons. The van der Waals surface area contributed by atoms with Crippen LogP contribution in [0.5, 0.6) is 11.5 Å². The molecule has 0 bridgehead atoms. The van der Waals surface area contributed by atoms with Crippen LogP contribution < -0.4 is 17.1 Å². The highest BCUT2D eigenvalue weighted by molar-refractivity contribution is 7.94. The van der Waals surface area contributed by atoms with Crippen LogP contribution in [0.2, 0.25) is 0 Å². The van der Waals surface area contributed by atoms with Gasteiger partial charge in [-0.1, -0.05) is 36.4 Å². The quantitative estimate of drug-likeness (QED) is 0.755. The van der Waals surface area contributed by atoms with Crippen LogP contribution in [-0.4, -0.2) is 12.5 Å². The molecule has 2 rings (SSSR count). The van der Waals surface area contributed by atoms with Crippen LogP contribution >= 0.6 is 0 Å². The molecular formula is C15H17ClOS. The number of hydrogen-bond donors (Lipinski definition) is 0. The van der Waals surface area contributed by atoms with Crippen molar-refractivity contribution in [3.63, 3.8) is 0 Å². The molecule has 0 spiro atoms. The van der Waals surface area contributed by atoms with Gasteiger partial charge in [0.05, 0.1) is 12.5 Å². The van der Waals surface area contributed by atoms with Crippen LogP contribution in [-0.2, 0) is 16.6 Å². The Morgan fingerprint density at radius 2 is 1.50 bits per heavy atom. The number of rotatable bonds is 4. The van der Waals surface area contributed by atoms with Gasteiger partial charge in [0.25, 0.3) is 0 Å². The second kappa shape index (κ2) is 7.34. The minimum atomic E-state index is 0. The highest BCUT2D eigenvalue weighted by Crippen LogP contribution is 2.26. The van der Waals surface area contributed by atoms with Crippen LogP contribution in [0.1, 0.15) is 5.56 Å². The van der Waals surface area contributed by atoms with E-state index in [2.05, 4.69) is 24.6 Å². The van der Waals surface area contributed by atoms with Gasteiger partial charge in [-0.3, -0.25) is 0 Å². The van der Waals surface area contributed by atoms with Gasteiger partial charge in [-0.25, -0.2) is 0 Å². The Bertz CT molecular complexity index is 471. The van der Waals surface area contributed by atoms with Gasteiger partial charge in [-0.2, -0.15) is 0 Å². The molecule has 0 aliphatic carbocycles. The third-order valence-corrected chi connectivity index (χ3v) is 3.28. The summed E-state index contributed by atoms with van der Waals surface area (Å²) in [6.07, 6.45) is 4.50. The first kappa shape index (κ1) is 14.9. The van der Waals surface area contributed by atoms with E-state index in [0.717, 1.165) is 17.3 Å². The fraction of sp³-hybridized carbons (Fsp3) is 0.200. The molecule has 0 saturated heterocycles. The van der Waals surface area contributed by atoms with Gasteiger partial charge >= 0.3 is 0 Å². The van der Waals surface area contributed by atoms with E-state index in [1.807, 2.05) is 42.5 Å². The molecule has 18 heavy (non-hydrogen) atoms. The maximum Gasteiger partial charge on any atom is 0.136 e. The molecule has 2 aromatic carbocycles. The van der Waals surface area contributed by atoms with Crippen molar-refractivity contribution in [3.8, 4) is 11.5 Å². The standard InChI is InChI=1S/C15H17OS.ClH/c1-17(2)12-13-8-6-7-11-15(13)16-14-9-4-3-5-10-14;/h3-11H,12H2,1-2H3;1H/q+1;/p-1. The van der Waals surface area contributed by atoms with Gasteiger partial charge in [-0.15, -0.1) is 0 Å². The van der Waals surface area contributed by atoms with Gasteiger partial charge in [-0.05, 0) is 29.1 Å². The zero-order chi connectivity index (χ0) is 12.1. The summed E-state index contributed by atoms with van der Waals surface area (Å²) in [7, 11) is 0.385. The molecular weight excluding hydrogens is 264 g/mol. The van der Waals surface area contributed by atoms with E-state index in [-0.39, 0.29) is 12.4 Å². The van der Waals surface area contributed by atoms with Crippen molar-refractivity contribution in [2.24, 2.45) is 0 Å². The fourth-order valence-corrected chi connectivity index (χ4v) is 2.51. The Kier molecular flexibility index (Phi) is 6.10. The van der Waals surface area contributed by atoms with Crippen LogP contribution in [0, 0.1) is 0 Å². The lowest BCUT2D eigenvalue weighted by Gasteiger charge is -2.09. The Balaban J connectivity index is 0.00000162. The van der Waals surface area contributed by atoms with Crippen LogP contribution in [0.15, 0.2) is 54.6 Å². The first-order chi connectivity index (χ1) is 8.25. The predicted octanol–water partition coefficient (Wildman–Crippen LogP) is 0.861. The molecule has 0 aliphatic rings. The lowest BCUT2D eigenvalue weighted by atomic mass is 10.2. The average molecular weight is 281 g/mol.